The Kier molecular flexibility index (Phi) is 4.92. The van der Waals surface area contributed by atoms with E-state index in [9.17, 15) is 23.4 Å². The van der Waals surface area contributed by atoms with Gasteiger partial charge in [-0.05, 0) is 26.1 Å². The maximum atomic E-state index is 13.3. The second kappa shape index (κ2) is 6.00. The molecule has 0 aromatic heterocycles. The fraction of sp³-hybridized carbons (Fsp3) is 0.455. The summed E-state index contributed by atoms with van der Waals surface area (Å²) in [6, 6.07) is 1.05. The normalized spacial score (nSPS) is 14.7. The van der Waals surface area contributed by atoms with E-state index in [2.05, 4.69) is 5.32 Å². The van der Waals surface area contributed by atoms with Crippen molar-refractivity contribution < 1.29 is 23.4 Å². The minimum absolute atomic E-state index is 0.134. The highest BCUT2D eigenvalue weighted by atomic mass is 19.2. The van der Waals surface area contributed by atoms with Gasteiger partial charge in [-0.3, -0.25) is 0 Å². The highest BCUT2D eigenvalue weighted by Gasteiger charge is 2.24. The van der Waals surface area contributed by atoms with Crippen molar-refractivity contribution in [1.82, 2.24) is 5.32 Å². The van der Waals surface area contributed by atoms with Gasteiger partial charge in [0.05, 0.1) is 6.10 Å². The van der Waals surface area contributed by atoms with Gasteiger partial charge in [0.15, 0.2) is 11.6 Å². The molecule has 0 aliphatic rings. The Bertz CT molecular complexity index is 387. The van der Waals surface area contributed by atoms with Gasteiger partial charge in [0.1, 0.15) is 11.9 Å². The summed E-state index contributed by atoms with van der Waals surface area (Å²) >= 11 is 0. The van der Waals surface area contributed by atoms with Gasteiger partial charge in [0, 0.05) is 11.6 Å². The van der Waals surface area contributed by atoms with Crippen LogP contribution in [-0.4, -0.2) is 29.9 Å². The van der Waals surface area contributed by atoms with Crippen LogP contribution in [0.2, 0.25) is 0 Å². The molecule has 1 aromatic rings. The van der Waals surface area contributed by atoms with E-state index in [4.69, 9.17) is 0 Å². The summed E-state index contributed by atoms with van der Waals surface area (Å²) in [6.45, 7) is 0.387. The van der Waals surface area contributed by atoms with Gasteiger partial charge in [0.2, 0.25) is 0 Å². The number of rotatable bonds is 5. The fourth-order valence-corrected chi connectivity index (χ4v) is 1.45. The minimum atomic E-state index is -1.66. The van der Waals surface area contributed by atoms with Crippen molar-refractivity contribution in [3.8, 4) is 0 Å². The summed E-state index contributed by atoms with van der Waals surface area (Å²) in [5, 5.41) is 21.8. The monoisotopic (exact) mass is 249 g/mol. The van der Waals surface area contributed by atoms with Crippen molar-refractivity contribution in [3.05, 3.63) is 35.1 Å². The van der Waals surface area contributed by atoms with Crippen molar-refractivity contribution in [2.24, 2.45) is 0 Å². The molecular weight excluding hydrogens is 235 g/mol. The number of halogens is 3. The first-order valence-corrected chi connectivity index (χ1v) is 5.12. The van der Waals surface area contributed by atoms with E-state index < -0.39 is 35.2 Å². The molecule has 6 heteroatoms. The first kappa shape index (κ1) is 14.0. The van der Waals surface area contributed by atoms with Gasteiger partial charge in [-0.25, -0.2) is 13.2 Å². The molecule has 0 amide bonds. The van der Waals surface area contributed by atoms with Gasteiger partial charge < -0.3 is 15.5 Å². The van der Waals surface area contributed by atoms with Crippen LogP contribution in [0.3, 0.4) is 0 Å². The Labute approximate surface area is 96.9 Å². The molecule has 0 aliphatic heterocycles. The molecule has 1 rings (SSSR count). The van der Waals surface area contributed by atoms with E-state index in [0.717, 1.165) is 0 Å². The number of nitrogens with one attached hydrogen (secondary N) is 1. The second-order valence-electron chi connectivity index (χ2n) is 3.70. The van der Waals surface area contributed by atoms with E-state index in [1.54, 1.807) is 7.05 Å². The van der Waals surface area contributed by atoms with Crippen molar-refractivity contribution in [3.63, 3.8) is 0 Å². The average molecular weight is 249 g/mol. The average Bonchev–Trinajstić information content (AvgIpc) is 2.29. The molecule has 0 saturated carbocycles. The Morgan fingerprint density at radius 2 is 1.88 bits per heavy atom. The molecule has 0 fully saturated rings. The van der Waals surface area contributed by atoms with Crippen LogP contribution in [0.1, 0.15) is 18.1 Å². The maximum Gasteiger partial charge on any atom is 0.164 e. The third-order valence-corrected chi connectivity index (χ3v) is 2.39. The zero-order valence-corrected chi connectivity index (χ0v) is 9.25. The Balaban J connectivity index is 2.91. The molecule has 2 atom stereocenters. The van der Waals surface area contributed by atoms with Crippen LogP contribution < -0.4 is 5.32 Å². The molecule has 0 spiro atoms. The van der Waals surface area contributed by atoms with E-state index in [0.29, 0.717) is 18.7 Å². The molecule has 1 aromatic carbocycles. The van der Waals surface area contributed by atoms with E-state index >= 15 is 0 Å². The highest BCUT2D eigenvalue weighted by molar-refractivity contribution is 5.23. The molecule has 2 unspecified atom stereocenters. The molecule has 3 N–H and O–H groups in total. The molecule has 3 nitrogen and oxygen atoms in total. The summed E-state index contributed by atoms with van der Waals surface area (Å²) in [7, 11) is 1.64. The van der Waals surface area contributed by atoms with Crippen LogP contribution >= 0.6 is 0 Å². The number of aliphatic hydroxyl groups excluding tert-OH is 2. The number of hydrogen-bond acceptors (Lipinski definition) is 3. The summed E-state index contributed by atoms with van der Waals surface area (Å²) in [5.41, 5.74) is -0.578. The lowest BCUT2D eigenvalue weighted by Crippen LogP contribution is -2.24. The molecule has 96 valence electrons. The van der Waals surface area contributed by atoms with Crippen LogP contribution in [0.15, 0.2) is 12.1 Å². The lowest BCUT2D eigenvalue weighted by molar-refractivity contribution is 0.0114. The van der Waals surface area contributed by atoms with Crippen molar-refractivity contribution in [2.75, 3.05) is 13.6 Å². The predicted octanol–water partition coefficient (Wildman–Crippen LogP) is 1.11. The van der Waals surface area contributed by atoms with Crippen molar-refractivity contribution in [2.45, 2.75) is 18.6 Å². The Hall–Kier alpha value is -1.11. The largest absolute Gasteiger partial charge is 0.390 e. The maximum absolute atomic E-state index is 13.3. The number of hydrogen-bond donors (Lipinski definition) is 3. The summed E-state index contributed by atoms with van der Waals surface area (Å²) in [5.74, 6) is -3.74. The molecule has 0 aliphatic carbocycles. The third kappa shape index (κ3) is 3.42. The molecule has 0 bridgehead atoms. The lowest BCUT2D eigenvalue weighted by Gasteiger charge is -2.18. The van der Waals surface area contributed by atoms with Gasteiger partial charge in [-0.2, -0.15) is 0 Å². The van der Waals surface area contributed by atoms with E-state index in [1.807, 2.05) is 0 Å². The quantitative estimate of drug-likeness (QED) is 0.685. The second-order valence-corrected chi connectivity index (χ2v) is 3.70. The van der Waals surface area contributed by atoms with Gasteiger partial charge >= 0.3 is 0 Å². The molecule has 0 heterocycles. The highest BCUT2D eigenvalue weighted by Crippen LogP contribution is 2.24. The van der Waals surface area contributed by atoms with E-state index in [1.165, 1.54) is 0 Å². The van der Waals surface area contributed by atoms with Crippen LogP contribution in [0.5, 0.6) is 0 Å². The number of benzene rings is 1. The van der Waals surface area contributed by atoms with Crippen LogP contribution in [0.4, 0.5) is 13.2 Å². The van der Waals surface area contributed by atoms with Crippen molar-refractivity contribution in [1.29, 1.82) is 0 Å². The first-order chi connectivity index (χ1) is 7.97. The topological polar surface area (TPSA) is 52.5 Å². The summed E-state index contributed by atoms with van der Waals surface area (Å²) in [6.07, 6.45) is -2.82. The standard InChI is InChI=1S/C11H14F3NO2/c1-15-3-2-9(16)11(17)7-4-6(12)5-8(13)10(7)14/h4-5,9,11,15-17H,2-3H2,1H3. The van der Waals surface area contributed by atoms with Crippen LogP contribution in [0, 0.1) is 17.5 Å². The molecular formula is C11H14F3NO2. The predicted molar refractivity (Wildman–Crippen MR) is 55.8 cm³/mol. The van der Waals surface area contributed by atoms with Gasteiger partial charge in [-0.1, -0.05) is 0 Å². The lowest BCUT2D eigenvalue weighted by atomic mass is 10.0. The summed E-state index contributed by atoms with van der Waals surface area (Å²) < 4.78 is 39.1. The Morgan fingerprint density at radius 1 is 1.24 bits per heavy atom. The molecule has 0 radical (unpaired) electrons. The third-order valence-electron chi connectivity index (χ3n) is 2.39. The number of aliphatic hydroxyl groups is 2. The fourth-order valence-electron chi connectivity index (χ4n) is 1.45. The summed E-state index contributed by atoms with van der Waals surface area (Å²) in [4.78, 5) is 0. The zero-order valence-electron chi connectivity index (χ0n) is 9.25. The minimum Gasteiger partial charge on any atom is -0.390 e. The smallest absolute Gasteiger partial charge is 0.164 e. The first-order valence-electron chi connectivity index (χ1n) is 5.12. The van der Waals surface area contributed by atoms with Crippen LogP contribution in [-0.2, 0) is 0 Å². The van der Waals surface area contributed by atoms with Gasteiger partial charge in [-0.15, -0.1) is 0 Å². The zero-order chi connectivity index (χ0) is 13.0. The SMILES string of the molecule is CNCCC(O)C(O)c1cc(F)cc(F)c1F. The van der Waals surface area contributed by atoms with E-state index in [-0.39, 0.29) is 6.42 Å². The molecule has 0 saturated heterocycles. The van der Waals surface area contributed by atoms with Crippen molar-refractivity contribution >= 4 is 0 Å². The molecule has 17 heavy (non-hydrogen) atoms. The van der Waals surface area contributed by atoms with Gasteiger partial charge in [0.25, 0.3) is 0 Å². The Morgan fingerprint density at radius 3 is 2.47 bits per heavy atom. The van der Waals surface area contributed by atoms with Crippen LogP contribution in [0.25, 0.3) is 0 Å².